The first-order valence-electron chi connectivity index (χ1n) is 11.9. The fourth-order valence-electron chi connectivity index (χ4n) is 4.86. The highest BCUT2D eigenvalue weighted by molar-refractivity contribution is 6.24. The number of aliphatic hydroxyl groups is 1. The molecule has 0 saturated carbocycles. The molecule has 0 bridgehead atoms. The zero-order valence-corrected chi connectivity index (χ0v) is 19.6. The summed E-state index contributed by atoms with van der Waals surface area (Å²) in [7, 11) is 0. The fourth-order valence-corrected chi connectivity index (χ4v) is 4.86. The molecule has 7 nitrogen and oxygen atoms in total. The van der Waals surface area contributed by atoms with E-state index in [1.807, 2.05) is 42.5 Å². The topological polar surface area (TPSA) is 96.7 Å². The maximum atomic E-state index is 13.7. The van der Waals surface area contributed by atoms with Crippen molar-refractivity contribution < 1.29 is 14.7 Å². The molecular weight excluding hydrogens is 452 g/mol. The van der Waals surface area contributed by atoms with Gasteiger partial charge in [0.15, 0.2) is 0 Å². The van der Waals surface area contributed by atoms with E-state index in [2.05, 4.69) is 11.5 Å². The average Bonchev–Trinajstić information content (AvgIpc) is 3.18. The quantitative estimate of drug-likeness (QED) is 0.397. The second-order valence-corrected chi connectivity index (χ2v) is 8.99. The van der Waals surface area contributed by atoms with E-state index in [1.54, 1.807) is 59.6 Å². The lowest BCUT2D eigenvalue weighted by atomic mass is 9.91. The molecule has 5 rings (SSSR count). The van der Waals surface area contributed by atoms with Crippen molar-refractivity contribution in [1.29, 1.82) is 5.26 Å². The standard InChI is InChI=1S/C29H26N4O3/c30-19-21-11-14-22(15-12-21)31-33-25(26(34)18-13-20-7-3-1-4-8-20)17-16-24-27(33)29(36)32(28(24)35)23-9-5-2-6-10-23/h1-12,14-17,24-27,31,34H,13,18H2. The molecule has 180 valence electrons. The van der Waals surface area contributed by atoms with Gasteiger partial charge < -0.3 is 10.5 Å². The van der Waals surface area contributed by atoms with Gasteiger partial charge in [-0.3, -0.25) is 9.59 Å². The second-order valence-electron chi connectivity index (χ2n) is 8.99. The van der Waals surface area contributed by atoms with Gasteiger partial charge >= 0.3 is 0 Å². The van der Waals surface area contributed by atoms with E-state index in [0.29, 0.717) is 29.8 Å². The molecule has 3 aromatic carbocycles. The third-order valence-electron chi connectivity index (χ3n) is 6.71. The van der Waals surface area contributed by atoms with Crippen molar-refractivity contribution in [3.63, 3.8) is 0 Å². The summed E-state index contributed by atoms with van der Waals surface area (Å²) < 4.78 is 0. The van der Waals surface area contributed by atoms with E-state index in [-0.39, 0.29) is 11.8 Å². The van der Waals surface area contributed by atoms with Crippen molar-refractivity contribution in [2.45, 2.75) is 31.0 Å². The Hall–Kier alpha value is -4.25. The lowest BCUT2D eigenvalue weighted by Gasteiger charge is -2.40. The van der Waals surface area contributed by atoms with Gasteiger partial charge in [0.1, 0.15) is 6.04 Å². The number of benzene rings is 3. The Kier molecular flexibility index (Phi) is 6.63. The zero-order valence-electron chi connectivity index (χ0n) is 19.6. The lowest BCUT2D eigenvalue weighted by Crippen LogP contribution is -2.57. The summed E-state index contributed by atoms with van der Waals surface area (Å²) in [4.78, 5) is 28.2. The van der Waals surface area contributed by atoms with E-state index in [4.69, 9.17) is 5.26 Å². The molecule has 1 fully saturated rings. The molecule has 4 atom stereocenters. The number of nitrogens with one attached hydrogen (secondary N) is 1. The van der Waals surface area contributed by atoms with Crippen LogP contribution >= 0.6 is 0 Å². The molecule has 0 aromatic heterocycles. The van der Waals surface area contributed by atoms with Crippen molar-refractivity contribution in [3.8, 4) is 6.07 Å². The lowest BCUT2D eigenvalue weighted by molar-refractivity contribution is -0.123. The van der Waals surface area contributed by atoms with Crippen LogP contribution in [0.2, 0.25) is 0 Å². The average molecular weight is 479 g/mol. The number of nitriles is 1. The number of nitrogens with zero attached hydrogens (tertiary/aromatic N) is 3. The van der Waals surface area contributed by atoms with Crippen LogP contribution in [0, 0.1) is 17.2 Å². The number of para-hydroxylation sites is 1. The Bertz CT molecular complexity index is 1300. The first-order valence-corrected chi connectivity index (χ1v) is 11.9. The normalized spacial score (nSPS) is 22.2. The maximum Gasteiger partial charge on any atom is 0.254 e. The van der Waals surface area contributed by atoms with E-state index < -0.39 is 24.1 Å². The van der Waals surface area contributed by atoms with Crippen LogP contribution in [-0.4, -0.2) is 40.1 Å². The Labute approximate surface area is 209 Å². The smallest absolute Gasteiger partial charge is 0.254 e. The summed E-state index contributed by atoms with van der Waals surface area (Å²) >= 11 is 0. The number of carbonyl (C=O) groups excluding carboxylic acids is 2. The van der Waals surface area contributed by atoms with E-state index in [1.165, 1.54) is 4.90 Å². The number of hydrazine groups is 1. The second kappa shape index (κ2) is 10.2. The highest BCUT2D eigenvalue weighted by atomic mass is 16.3. The minimum atomic E-state index is -0.824. The predicted molar refractivity (Wildman–Crippen MR) is 137 cm³/mol. The predicted octanol–water partition coefficient (Wildman–Crippen LogP) is 3.68. The zero-order chi connectivity index (χ0) is 25.1. The Morgan fingerprint density at radius 1 is 0.889 bits per heavy atom. The minimum Gasteiger partial charge on any atom is -0.391 e. The van der Waals surface area contributed by atoms with Crippen LogP contribution in [0.15, 0.2) is 97.1 Å². The van der Waals surface area contributed by atoms with Gasteiger partial charge in [0.25, 0.3) is 5.91 Å². The number of amides is 2. The molecule has 0 aliphatic carbocycles. The molecule has 7 heteroatoms. The summed E-state index contributed by atoms with van der Waals surface area (Å²) in [5.41, 5.74) is 6.07. The van der Waals surface area contributed by atoms with Crippen LogP contribution in [-0.2, 0) is 16.0 Å². The molecule has 2 N–H and O–H groups in total. The summed E-state index contributed by atoms with van der Waals surface area (Å²) in [5, 5.41) is 22.1. The van der Waals surface area contributed by atoms with E-state index in [9.17, 15) is 14.7 Å². The summed E-state index contributed by atoms with van der Waals surface area (Å²) in [6.45, 7) is 0. The molecule has 0 radical (unpaired) electrons. The molecule has 1 saturated heterocycles. The Morgan fingerprint density at radius 3 is 2.22 bits per heavy atom. The van der Waals surface area contributed by atoms with Crippen molar-refractivity contribution in [2.24, 2.45) is 5.92 Å². The molecule has 2 heterocycles. The molecule has 2 aliphatic rings. The van der Waals surface area contributed by atoms with Gasteiger partial charge in [-0.2, -0.15) is 5.26 Å². The SMILES string of the molecule is N#Cc1ccc(NN2C(C(O)CCc3ccccc3)C=CC3C(=O)N(c4ccccc4)C(=O)C32)cc1. The van der Waals surface area contributed by atoms with Gasteiger partial charge in [0.2, 0.25) is 5.91 Å². The first-order chi connectivity index (χ1) is 17.6. The number of fused-ring (bicyclic) bond motifs is 1. The number of anilines is 2. The van der Waals surface area contributed by atoms with Crippen molar-refractivity contribution in [3.05, 3.63) is 108 Å². The van der Waals surface area contributed by atoms with Crippen LogP contribution in [0.3, 0.4) is 0 Å². The molecule has 0 spiro atoms. The highest BCUT2D eigenvalue weighted by Crippen LogP contribution is 2.36. The number of aliphatic hydroxyl groups excluding tert-OH is 1. The fraction of sp³-hybridized carbons (Fsp3) is 0.207. The molecule has 36 heavy (non-hydrogen) atoms. The van der Waals surface area contributed by atoms with Gasteiger partial charge in [0, 0.05) is 5.69 Å². The van der Waals surface area contributed by atoms with Crippen molar-refractivity contribution in [2.75, 3.05) is 10.3 Å². The third-order valence-corrected chi connectivity index (χ3v) is 6.71. The number of hydrogen-bond donors (Lipinski definition) is 2. The number of carbonyl (C=O) groups is 2. The number of hydrogen-bond acceptors (Lipinski definition) is 6. The first kappa shape index (κ1) is 23.5. The number of aryl methyl sites for hydroxylation is 1. The number of imide groups is 1. The summed E-state index contributed by atoms with van der Waals surface area (Å²) in [5.74, 6) is -1.32. The molecule has 2 aliphatic heterocycles. The maximum absolute atomic E-state index is 13.7. The van der Waals surface area contributed by atoms with Crippen LogP contribution < -0.4 is 10.3 Å². The highest BCUT2D eigenvalue weighted by Gasteiger charge is 2.53. The largest absolute Gasteiger partial charge is 0.391 e. The molecule has 4 unspecified atom stereocenters. The number of rotatable bonds is 7. The molecule has 2 amide bonds. The van der Waals surface area contributed by atoms with Gasteiger partial charge in [-0.1, -0.05) is 60.7 Å². The van der Waals surface area contributed by atoms with E-state index in [0.717, 1.165) is 5.56 Å². The van der Waals surface area contributed by atoms with Crippen molar-refractivity contribution >= 4 is 23.2 Å². The summed E-state index contributed by atoms with van der Waals surface area (Å²) in [6, 6.07) is 26.4. The van der Waals surface area contributed by atoms with Crippen LogP contribution in [0.1, 0.15) is 17.5 Å². The van der Waals surface area contributed by atoms with Gasteiger partial charge in [-0.25, -0.2) is 9.91 Å². The van der Waals surface area contributed by atoms with Crippen molar-refractivity contribution in [1.82, 2.24) is 5.01 Å². The van der Waals surface area contributed by atoms with Crippen LogP contribution in [0.4, 0.5) is 11.4 Å². The Morgan fingerprint density at radius 2 is 1.56 bits per heavy atom. The molecule has 3 aromatic rings. The van der Waals surface area contributed by atoms with Crippen LogP contribution in [0.25, 0.3) is 0 Å². The minimum absolute atomic E-state index is 0.295. The van der Waals surface area contributed by atoms with E-state index >= 15 is 0 Å². The third kappa shape index (κ3) is 4.52. The molecular formula is C29H26N4O3. The van der Waals surface area contributed by atoms with Gasteiger partial charge in [-0.15, -0.1) is 0 Å². The monoisotopic (exact) mass is 478 g/mol. The van der Waals surface area contributed by atoms with Crippen LogP contribution in [0.5, 0.6) is 0 Å². The Balaban J connectivity index is 1.45. The van der Waals surface area contributed by atoms with Gasteiger partial charge in [-0.05, 0) is 54.8 Å². The van der Waals surface area contributed by atoms with Gasteiger partial charge in [0.05, 0.1) is 35.4 Å². The summed E-state index contributed by atoms with van der Waals surface area (Å²) in [6.07, 6.45) is 3.93.